The van der Waals surface area contributed by atoms with Gasteiger partial charge in [-0.15, -0.1) is 0 Å². The number of nitro benzene ring substituents is 1. The lowest BCUT2D eigenvalue weighted by atomic mass is 9.97. The first-order chi connectivity index (χ1) is 7.93. The van der Waals surface area contributed by atoms with E-state index in [0.717, 1.165) is 0 Å². The van der Waals surface area contributed by atoms with Crippen molar-refractivity contribution in [1.29, 1.82) is 0 Å². The average Bonchev–Trinajstić information content (AvgIpc) is 2.28. The van der Waals surface area contributed by atoms with Gasteiger partial charge in [0, 0.05) is 6.07 Å². The number of carbonyl (C=O) groups is 1. The summed E-state index contributed by atoms with van der Waals surface area (Å²) in [5, 5.41) is 29.2. The van der Waals surface area contributed by atoms with Gasteiger partial charge >= 0.3 is 5.97 Å². The van der Waals surface area contributed by atoms with Gasteiger partial charge in [0.1, 0.15) is 0 Å². The highest BCUT2D eigenvalue weighted by atomic mass is 16.6. The topological polar surface area (TPSA) is 101 Å². The van der Waals surface area contributed by atoms with E-state index in [1.54, 1.807) is 6.07 Å². The van der Waals surface area contributed by atoms with Crippen molar-refractivity contribution in [2.75, 3.05) is 0 Å². The molecule has 0 aromatic heterocycles. The Morgan fingerprint density at radius 3 is 2.59 bits per heavy atom. The van der Waals surface area contributed by atoms with Crippen LogP contribution >= 0.6 is 0 Å². The van der Waals surface area contributed by atoms with Crippen LogP contribution in [-0.2, 0) is 4.79 Å². The number of hydrogen-bond acceptors (Lipinski definition) is 4. The zero-order valence-corrected chi connectivity index (χ0v) is 9.24. The highest BCUT2D eigenvalue weighted by Crippen LogP contribution is 2.28. The standard InChI is InChI=1S/C11H13NO5/c1-7(11(14)15)6-10(13)8-4-2-3-5-9(8)12(16)17/h2-5,7,10,13H,6H2,1H3,(H,14,15). The van der Waals surface area contributed by atoms with Gasteiger partial charge < -0.3 is 10.2 Å². The van der Waals surface area contributed by atoms with E-state index in [0.29, 0.717) is 0 Å². The number of aliphatic hydroxyl groups excluding tert-OH is 1. The third kappa shape index (κ3) is 3.25. The molecule has 0 radical (unpaired) electrons. The Balaban J connectivity index is 2.92. The zero-order valence-electron chi connectivity index (χ0n) is 9.24. The fourth-order valence-corrected chi connectivity index (χ4v) is 1.50. The fourth-order valence-electron chi connectivity index (χ4n) is 1.50. The maximum atomic E-state index is 10.7. The summed E-state index contributed by atoms with van der Waals surface area (Å²) >= 11 is 0. The molecular weight excluding hydrogens is 226 g/mol. The molecule has 0 amide bonds. The third-order valence-electron chi connectivity index (χ3n) is 2.49. The molecule has 0 aliphatic heterocycles. The number of carboxylic acids is 1. The van der Waals surface area contributed by atoms with Crippen molar-refractivity contribution in [3.8, 4) is 0 Å². The largest absolute Gasteiger partial charge is 0.481 e. The molecule has 0 saturated carbocycles. The first-order valence-electron chi connectivity index (χ1n) is 5.07. The summed E-state index contributed by atoms with van der Waals surface area (Å²) in [6.45, 7) is 1.44. The van der Waals surface area contributed by atoms with Gasteiger partial charge in [-0.2, -0.15) is 0 Å². The first-order valence-corrected chi connectivity index (χ1v) is 5.07. The summed E-state index contributed by atoms with van der Waals surface area (Å²) in [6, 6.07) is 5.77. The molecule has 1 rings (SSSR count). The normalized spacial score (nSPS) is 14.0. The van der Waals surface area contributed by atoms with E-state index < -0.39 is 22.9 Å². The molecule has 0 aliphatic rings. The SMILES string of the molecule is CC(CC(O)c1ccccc1[N+](=O)[O-])C(=O)O. The van der Waals surface area contributed by atoms with Crippen LogP contribution in [0.5, 0.6) is 0 Å². The molecule has 92 valence electrons. The summed E-state index contributed by atoms with van der Waals surface area (Å²) in [5.74, 6) is -1.80. The van der Waals surface area contributed by atoms with Crippen LogP contribution in [0.2, 0.25) is 0 Å². The molecule has 2 unspecified atom stereocenters. The average molecular weight is 239 g/mol. The molecule has 0 heterocycles. The maximum absolute atomic E-state index is 10.7. The zero-order chi connectivity index (χ0) is 13.0. The summed E-state index contributed by atoms with van der Waals surface area (Å²) < 4.78 is 0. The minimum atomic E-state index is -1.15. The Morgan fingerprint density at radius 2 is 2.06 bits per heavy atom. The van der Waals surface area contributed by atoms with E-state index in [9.17, 15) is 20.0 Å². The minimum Gasteiger partial charge on any atom is -0.481 e. The molecule has 1 aromatic rings. The third-order valence-corrected chi connectivity index (χ3v) is 2.49. The number of aliphatic carboxylic acids is 1. The van der Waals surface area contributed by atoms with Crippen molar-refractivity contribution in [3.63, 3.8) is 0 Å². The van der Waals surface area contributed by atoms with Crippen molar-refractivity contribution in [3.05, 3.63) is 39.9 Å². The minimum absolute atomic E-state index is 0.0554. The Bertz CT molecular complexity index is 432. The van der Waals surface area contributed by atoms with E-state index in [4.69, 9.17) is 5.11 Å². The quantitative estimate of drug-likeness (QED) is 0.602. The molecular formula is C11H13NO5. The molecule has 0 saturated heterocycles. The number of aliphatic hydroxyl groups is 1. The predicted octanol–water partition coefficient (Wildman–Crippen LogP) is 1.74. The molecule has 2 N–H and O–H groups in total. The second kappa shape index (κ2) is 5.40. The van der Waals surface area contributed by atoms with Crippen molar-refractivity contribution in [2.45, 2.75) is 19.4 Å². The van der Waals surface area contributed by atoms with Gasteiger partial charge in [0.15, 0.2) is 0 Å². The molecule has 6 heteroatoms. The molecule has 0 aliphatic carbocycles. The van der Waals surface area contributed by atoms with Crippen LogP contribution in [0.3, 0.4) is 0 Å². The van der Waals surface area contributed by atoms with Gasteiger partial charge in [0.25, 0.3) is 5.69 Å². The lowest BCUT2D eigenvalue weighted by molar-refractivity contribution is -0.386. The van der Waals surface area contributed by atoms with Crippen molar-refractivity contribution in [1.82, 2.24) is 0 Å². The number of rotatable bonds is 5. The van der Waals surface area contributed by atoms with Crippen molar-refractivity contribution >= 4 is 11.7 Å². The molecule has 6 nitrogen and oxygen atoms in total. The molecule has 0 fully saturated rings. The number of carboxylic acid groups (broad SMARTS) is 1. The van der Waals surface area contributed by atoms with Crippen LogP contribution in [0.15, 0.2) is 24.3 Å². The predicted molar refractivity (Wildman–Crippen MR) is 59.5 cm³/mol. The Kier molecular flexibility index (Phi) is 4.17. The van der Waals surface area contributed by atoms with Crippen LogP contribution in [0, 0.1) is 16.0 Å². The fraction of sp³-hybridized carbons (Fsp3) is 0.364. The van der Waals surface area contributed by atoms with Crippen LogP contribution < -0.4 is 0 Å². The lowest BCUT2D eigenvalue weighted by Crippen LogP contribution is -2.14. The van der Waals surface area contributed by atoms with E-state index in [1.807, 2.05) is 0 Å². The van der Waals surface area contributed by atoms with Crippen molar-refractivity contribution in [2.24, 2.45) is 5.92 Å². The van der Waals surface area contributed by atoms with E-state index in [-0.39, 0.29) is 17.7 Å². The Hall–Kier alpha value is -1.95. The van der Waals surface area contributed by atoms with Crippen LogP contribution in [0.1, 0.15) is 25.0 Å². The van der Waals surface area contributed by atoms with Gasteiger partial charge in [-0.25, -0.2) is 0 Å². The van der Waals surface area contributed by atoms with Crippen LogP contribution in [0.4, 0.5) is 5.69 Å². The maximum Gasteiger partial charge on any atom is 0.306 e. The second-order valence-electron chi connectivity index (χ2n) is 3.81. The molecule has 2 atom stereocenters. The summed E-state index contributed by atoms with van der Waals surface area (Å²) in [5.41, 5.74) is -0.0526. The Morgan fingerprint density at radius 1 is 1.47 bits per heavy atom. The first kappa shape index (κ1) is 13.1. The van der Waals surface area contributed by atoms with Crippen molar-refractivity contribution < 1.29 is 19.9 Å². The number of para-hydroxylation sites is 1. The number of benzene rings is 1. The lowest BCUT2D eigenvalue weighted by Gasteiger charge is -2.13. The van der Waals surface area contributed by atoms with E-state index in [1.165, 1.54) is 25.1 Å². The number of nitrogens with zero attached hydrogens (tertiary/aromatic N) is 1. The van der Waals surface area contributed by atoms with E-state index in [2.05, 4.69) is 0 Å². The monoisotopic (exact) mass is 239 g/mol. The van der Waals surface area contributed by atoms with Gasteiger partial charge in [-0.05, 0) is 12.5 Å². The Labute approximate surface area is 97.7 Å². The smallest absolute Gasteiger partial charge is 0.306 e. The van der Waals surface area contributed by atoms with Gasteiger partial charge in [-0.1, -0.05) is 19.1 Å². The van der Waals surface area contributed by atoms with Crippen LogP contribution in [-0.4, -0.2) is 21.1 Å². The summed E-state index contributed by atoms with van der Waals surface area (Å²) in [4.78, 5) is 20.8. The van der Waals surface area contributed by atoms with Gasteiger partial charge in [0.05, 0.1) is 22.5 Å². The molecule has 1 aromatic carbocycles. The van der Waals surface area contributed by atoms with E-state index >= 15 is 0 Å². The number of nitro groups is 1. The summed E-state index contributed by atoms with van der Waals surface area (Å²) in [6.07, 6.45) is -1.21. The molecule has 17 heavy (non-hydrogen) atoms. The summed E-state index contributed by atoms with van der Waals surface area (Å²) in [7, 11) is 0. The second-order valence-corrected chi connectivity index (χ2v) is 3.81. The highest BCUT2D eigenvalue weighted by Gasteiger charge is 2.23. The van der Waals surface area contributed by atoms with Gasteiger partial charge in [-0.3, -0.25) is 14.9 Å². The molecule has 0 spiro atoms. The van der Waals surface area contributed by atoms with Gasteiger partial charge in [0.2, 0.25) is 0 Å². The molecule has 0 bridgehead atoms. The highest BCUT2D eigenvalue weighted by molar-refractivity contribution is 5.69. The van der Waals surface area contributed by atoms with Crippen LogP contribution in [0.25, 0.3) is 0 Å². The number of hydrogen-bond donors (Lipinski definition) is 2.